The number of H-pyrrole nitrogens is 1. The van der Waals surface area contributed by atoms with Gasteiger partial charge in [0.2, 0.25) is 0 Å². The van der Waals surface area contributed by atoms with Crippen molar-refractivity contribution in [3.63, 3.8) is 0 Å². The topological polar surface area (TPSA) is 87.2 Å². The highest BCUT2D eigenvalue weighted by molar-refractivity contribution is 5.85. The van der Waals surface area contributed by atoms with Crippen molar-refractivity contribution in [2.45, 2.75) is 38.5 Å². The molecule has 0 saturated carbocycles. The number of pyridine rings is 1. The molecule has 0 spiro atoms. The summed E-state index contributed by atoms with van der Waals surface area (Å²) in [5.74, 6) is 0.858. The van der Waals surface area contributed by atoms with E-state index in [0.717, 1.165) is 46.6 Å². The number of anilines is 1. The lowest BCUT2D eigenvalue weighted by atomic mass is 9.91. The summed E-state index contributed by atoms with van der Waals surface area (Å²) < 4.78 is 5.95. The van der Waals surface area contributed by atoms with E-state index in [1.807, 2.05) is 49.6 Å². The zero-order chi connectivity index (χ0) is 19.9. The van der Waals surface area contributed by atoms with Crippen molar-refractivity contribution in [2.75, 3.05) is 19.0 Å². The summed E-state index contributed by atoms with van der Waals surface area (Å²) >= 11 is 0. The van der Waals surface area contributed by atoms with E-state index in [2.05, 4.69) is 22.2 Å². The predicted octanol–water partition coefficient (Wildman–Crippen LogP) is 4.58. The molecule has 2 heterocycles. The third-order valence-corrected chi connectivity index (χ3v) is 4.87. The van der Waals surface area contributed by atoms with Crippen LogP contribution in [0.1, 0.15) is 43.4 Å². The second-order valence-electron chi connectivity index (χ2n) is 6.90. The van der Waals surface area contributed by atoms with Crippen LogP contribution < -0.4 is 10.1 Å². The number of ether oxygens (including phenoxy) is 1. The summed E-state index contributed by atoms with van der Waals surface area (Å²) in [5, 5.41) is 13.3. The summed E-state index contributed by atoms with van der Waals surface area (Å²) in [6.07, 6.45) is 4.58. The number of hydrogen-bond acceptors (Lipinski definition) is 4. The Morgan fingerprint density at radius 3 is 2.93 bits per heavy atom. The number of carbonyl (C=O) groups is 1. The number of rotatable bonds is 10. The summed E-state index contributed by atoms with van der Waals surface area (Å²) in [6.45, 7) is 2.61. The maximum absolute atomic E-state index is 11.3. The Morgan fingerprint density at radius 1 is 1.32 bits per heavy atom. The maximum atomic E-state index is 11.3. The zero-order valence-electron chi connectivity index (χ0n) is 16.4. The lowest BCUT2D eigenvalue weighted by Gasteiger charge is -2.13. The number of fused-ring (bicyclic) bond motifs is 1. The molecule has 148 valence electrons. The summed E-state index contributed by atoms with van der Waals surface area (Å²) in [6, 6.07) is 11.8. The quantitative estimate of drug-likeness (QED) is 0.478. The molecular weight excluding hydrogens is 354 g/mol. The molecule has 1 unspecified atom stereocenters. The van der Waals surface area contributed by atoms with E-state index in [4.69, 9.17) is 4.74 Å². The number of hydrogen-bond donors (Lipinski definition) is 3. The molecule has 0 aliphatic carbocycles. The van der Waals surface area contributed by atoms with Crippen molar-refractivity contribution < 1.29 is 14.6 Å². The molecule has 0 amide bonds. The molecule has 0 bridgehead atoms. The van der Waals surface area contributed by atoms with E-state index in [9.17, 15) is 9.90 Å². The van der Waals surface area contributed by atoms with Crippen LogP contribution in [0.3, 0.4) is 0 Å². The Bertz CT molecular complexity index is 936. The highest BCUT2D eigenvalue weighted by Crippen LogP contribution is 2.33. The number of carboxylic acid groups (broad SMARTS) is 1. The smallest absolute Gasteiger partial charge is 0.303 e. The molecule has 0 aliphatic rings. The van der Waals surface area contributed by atoms with Crippen LogP contribution >= 0.6 is 0 Å². The van der Waals surface area contributed by atoms with E-state index in [-0.39, 0.29) is 12.3 Å². The molecule has 0 aliphatic heterocycles. The van der Waals surface area contributed by atoms with Gasteiger partial charge in [0.15, 0.2) is 0 Å². The molecule has 1 aromatic carbocycles. The van der Waals surface area contributed by atoms with Crippen molar-refractivity contribution in [3.05, 3.63) is 53.9 Å². The first kappa shape index (κ1) is 19.7. The van der Waals surface area contributed by atoms with Crippen LogP contribution in [0.25, 0.3) is 10.9 Å². The summed E-state index contributed by atoms with van der Waals surface area (Å²) in [7, 11) is 1.85. The van der Waals surface area contributed by atoms with Crippen LogP contribution in [0, 0.1) is 0 Å². The fourth-order valence-corrected chi connectivity index (χ4v) is 3.51. The van der Waals surface area contributed by atoms with Gasteiger partial charge >= 0.3 is 5.97 Å². The molecule has 0 fully saturated rings. The molecule has 2 aromatic heterocycles. The Kier molecular flexibility index (Phi) is 6.53. The van der Waals surface area contributed by atoms with Gasteiger partial charge in [-0.3, -0.25) is 4.79 Å². The van der Waals surface area contributed by atoms with Gasteiger partial charge in [-0.1, -0.05) is 19.4 Å². The Labute approximate surface area is 165 Å². The summed E-state index contributed by atoms with van der Waals surface area (Å²) in [4.78, 5) is 19.0. The fraction of sp³-hybridized carbons (Fsp3) is 0.364. The molecule has 3 rings (SSSR count). The Hall–Kier alpha value is -3.02. The first-order chi connectivity index (χ1) is 13.6. The van der Waals surface area contributed by atoms with Gasteiger partial charge in [-0.15, -0.1) is 0 Å². The molecule has 28 heavy (non-hydrogen) atoms. The van der Waals surface area contributed by atoms with Crippen molar-refractivity contribution in [3.8, 4) is 5.75 Å². The van der Waals surface area contributed by atoms with Gasteiger partial charge in [0.25, 0.3) is 0 Å². The van der Waals surface area contributed by atoms with Crippen LogP contribution in [0.5, 0.6) is 5.75 Å². The van der Waals surface area contributed by atoms with Crippen LogP contribution in [0.4, 0.5) is 5.82 Å². The van der Waals surface area contributed by atoms with Crippen molar-refractivity contribution in [1.82, 2.24) is 9.97 Å². The SMILES string of the molecule is CCCC(CC(=O)O)c1c[nH]c2ccc(OCCc3cccc(NC)n3)cc12. The van der Waals surface area contributed by atoms with E-state index in [0.29, 0.717) is 13.0 Å². The van der Waals surface area contributed by atoms with Crippen LogP contribution in [0.2, 0.25) is 0 Å². The van der Waals surface area contributed by atoms with Gasteiger partial charge in [0.1, 0.15) is 11.6 Å². The summed E-state index contributed by atoms with van der Waals surface area (Å²) in [5.41, 5.74) is 3.02. The Morgan fingerprint density at radius 2 is 2.18 bits per heavy atom. The number of carboxylic acids is 1. The molecular formula is C22H27N3O3. The van der Waals surface area contributed by atoms with Crippen molar-refractivity contribution in [2.24, 2.45) is 0 Å². The highest BCUT2D eigenvalue weighted by atomic mass is 16.5. The number of aromatic nitrogens is 2. The van der Waals surface area contributed by atoms with E-state index < -0.39 is 5.97 Å². The minimum absolute atomic E-state index is 0.0000152. The third kappa shape index (κ3) is 4.82. The molecule has 0 saturated heterocycles. The molecule has 0 radical (unpaired) electrons. The fourth-order valence-electron chi connectivity index (χ4n) is 3.51. The van der Waals surface area contributed by atoms with Gasteiger partial charge in [0, 0.05) is 36.3 Å². The van der Waals surface area contributed by atoms with E-state index in [1.54, 1.807) is 0 Å². The van der Waals surface area contributed by atoms with E-state index >= 15 is 0 Å². The van der Waals surface area contributed by atoms with Gasteiger partial charge < -0.3 is 20.1 Å². The van der Waals surface area contributed by atoms with E-state index in [1.165, 1.54) is 0 Å². The largest absolute Gasteiger partial charge is 0.493 e. The van der Waals surface area contributed by atoms with Crippen LogP contribution in [0.15, 0.2) is 42.6 Å². The second-order valence-corrected chi connectivity index (χ2v) is 6.90. The third-order valence-electron chi connectivity index (χ3n) is 4.87. The Balaban J connectivity index is 1.72. The molecule has 1 atom stereocenters. The van der Waals surface area contributed by atoms with Gasteiger partial charge in [-0.2, -0.15) is 0 Å². The standard InChI is InChI=1S/C22H27N3O3/c1-3-5-15(12-22(26)27)19-14-24-20-9-8-17(13-18(19)20)28-11-10-16-6-4-7-21(23-2)25-16/h4,6-9,13-15,24H,3,5,10-12H2,1-2H3,(H,23,25)(H,26,27). The van der Waals surface area contributed by atoms with Gasteiger partial charge in [-0.25, -0.2) is 4.98 Å². The molecule has 6 nitrogen and oxygen atoms in total. The maximum Gasteiger partial charge on any atom is 0.303 e. The average molecular weight is 381 g/mol. The normalized spacial score (nSPS) is 12.1. The molecule has 3 N–H and O–H groups in total. The average Bonchev–Trinajstić information content (AvgIpc) is 3.11. The van der Waals surface area contributed by atoms with Crippen molar-refractivity contribution >= 4 is 22.7 Å². The number of benzene rings is 1. The first-order valence-electron chi connectivity index (χ1n) is 9.70. The number of aromatic amines is 1. The number of nitrogens with one attached hydrogen (secondary N) is 2. The molecule has 3 aromatic rings. The highest BCUT2D eigenvalue weighted by Gasteiger charge is 2.18. The lowest BCUT2D eigenvalue weighted by molar-refractivity contribution is -0.137. The van der Waals surface area contributed by atoms with Gasteiger partial charge in [0.05, 0.1) is 13.0 Å². The van der Waals surface area contributed by atoms with Crippen LogP contribution in [-0.4, -0.2) is 34.7 Å². The zero-order valence-corrected chi connectivity index (χ0v) is 16.4. The van der Waals surface area contributed by atoms with Crippen LogP contribution in [-0.2, 0) is 11.2 Å². The predicted molar refractivity (Wildman–Crippen MR) is 111 cm³/mol. The lowest BCUT2D eigenvalue weighted by Crippen LogP contribution is -2.06. The van der Waals surface area contributed by atoms with Gasteiger partial charge in [-0.05, 0) is 48.2 Å². The minimum atomic E-state index is -0.767. The van der Waals surface area contributed by atoms with Crippen molar-refractivity contribution in [1.29, 1.82) is 0 Å². The monoisotopic (exact) mass is 381 g/mol. The number of nitrogens with zero attached hydrogens (tertiary/aromatic N) is 1. The minimum Gasteiger partial charge on any atom is -0.493 e. The number of aliphatic carboxylic acids is 1. The second kappa shape index (κ2) is 9.26. The first-order valence-corrected chi connectivity index (χ1v) is 9.70. The molecule has 6 heteroatoms.